The number of hydrogen-bond donors (Lipinski definition) is 2. The minimum Gasteiger partial charge on any atom is -0.340 e. The highest BCUT2D eigenvalue weighted by molar-refractivity contribution is 6.01. The van der Waals surface area contributed by atoms with Gasteiger partial charge in [0.1, 0.15) is 17.7 Å². The lowest BCUT2D eigenvalue weighted by molar-refractivity contribution is -0.118. The molecule has 0 aliphatic carbocycles. The largest absolute Gasteiger partial charge is 0.340 e. The second-order valence-corrected chi connectivity index (χ2v) is 8.67. The number of nitrogens with one attached hydrogen (secondary N) is 2. The molecule has 1 atom stereocenters. The van der Waals surface area contributed by atoms with Gasteiger partial charge in [0.25, 0.3) is 5.91 Å². The van der Waals surface area contributed by atoms with Crippen molar-refractivity contribution in [2.45, 2.75) is 52.1 Å². The van der Waals surface area contributed by atoms with E-state index in [0.29, 0.717) is 11.3 Å². The molecule has 8 heteroatoms. The van der Waals surface area contributed by atoms with E-state index in [2.05, 4.69) is 25.4 Å². The highest BCUT2D eigenvalue weighted by atomic mass is 19.1. The summed E-state index contributed by atoms with van der Waals surface area (Å²) in [5.41, 5.74) is 1.87. The van der Waals surface area contributed by atoms with Crippen LogP contribution in [0, 0.1) is 11.7 Å². The van der Waals surface area contributed by atoms with Gasteiger partial charge in [0.15, 0.2) is 5.82 Å². The molecular formula is C25H28FN5O2. The van der Waals surface area contributed by atoms with Crippen molar-refractivity contribution in [3.63, 3.8) is 0 Å². The molecule has 1 aliphatic rings. The molecule has 1 aromatic heterocycles. The Labute approximate surface area is 192 Å². The van der Waals surface area contributed by atoms with Gasteiger partial charge in [-0.2, -0.15) is 0 Å². The number of halogens is 1. The topological polar surface area (TPSA) is 88.9 Å². The molecule has 33 heavy (non-hydrogen) atoms. The standard InChI is InChI=1S/C25H28FN5O2/c1-16(2)22(28-24(32)18-7-11-19(26)12-8-18)25(33)27-20-13-9-17(10-14-20)23-30-29-21-6-4-3-5-15-31(21)23/h7-14,16,22H,3-6,15H2,1-2H3,(H,27,33)(H,28,32). The van der Waals surface area contributed by atoms with Gasteiger partial charge in [0, 0.05) is 29.8 Å². The molecule has 172 valence electrons. The van der Waals surface area contributed by atoms with E-state index in [1.165, 1.54) is 30.7 Å². The van der Waals surface area contributed by atoms with Crippen molar-refractivity contribution >= 4 is 17.5 Å². The molecule has 0 saturated heterocycles. The number of carbonyl (C=O) groups excluding carboxylic acids is 2. The van der Waals surface area contributed by atoms with Gasteiger partial charge in [0.2, 0.25) is 5.91 Å². The van der Waals surface area contributed by atoms with Crippen LogP contribution in [0.5, 0.6) is 0 Å². The first-order valence-corrected chi connectivity index (χ1v) is 11.3. The average Bonchev–Trinajstić information content (AvgIpc) is 3.06. The van der Waals surface area contributed by atoms with Crippen molar-refractivity contribution in [3.05, 3.63) is 65.7 Å². The third-order valence-electron chi connectivity index (χ3n) is 5.86. The lowest BCUT2D eigenvalue weighted by atomic mass is 10.0. The Morgan fingerprint density at radius 3 is 2.39 bits per heavy atom. The Bertz CT molecular complexity index is 1120. The molecule has 2 amide bonds. The fourth-order valence-electron chi connectivity index (χ4n) is 3.98. The van der Waals surface area contributed by atoms with E-state index in [-0.39, 0.29) is 11.8 Å². The van der Waals surface area contributed by atoms with Crippen molar-refractivity contribution in [2.24, 2.45) is 5.92 Å². The Morgan fingerprint density at radius 2 is 1.70 bits per heavy atom. The molecule has 2 aromatic carbocycles. The van der Waals surface area contributed by atoms with Gasteiger partial charge < -0.3 is 15.2 Å². The van der Waals surface area contributed by atoms with Crippen molar-refractivity contribution in [2.75, 3.05) is 5.32 Å². The maximum absolute atomic E-state index is 13.1. The van der Waals surface area contributed by atoms with Gasteiger partial charge in [-0.1, -0.05) is 20.3 Å². The monoisotopic (exact) mass is 449 g/mol. The molecule has 2 N–H and O–H groups in total. The summed E-state index contributed by atoms with van der Waals surface area (Å²) in [6.07, 6.45) is 4.40. The number of rotatable bonds is 6. The van der Waals surface area contributed by atoms with E-state index in [1.807, 2.05) is 38.1 Å². The molecular weight excluding hydrogens is 421 g/mol. The maximum Gasteiger partial charge on any atom is 0.251 e. The zero-order chi connectivity index (χ0) is 23.4. The van der Waals surface area contributed by atoms with E-state index in [0.717, 1.165) is 43.0 Å². The van der Waals surface area contributed by atoms with Crippen LogP contribution in [0.2, 0.25) is 0 Å². The number of anilines is 1. The first-order chi connectivity index (χ1) is 15.9. The lowest BCUT2D eigenvalue weighted by Gasteiger charge is -2.22. The number of nitrogens with zero attached hydrogens (tertiary/aromatic N) is 3. The molecule has 0 fully saturated rings. The SMILES string of the molecule is CC(C)C(NC(=O)c1ccc(F)cc1)C(=O)Nc1ccc(-c2nnc3n2CCCCC3)cc1. The fourth-order valence-corrected chi connectivity index (χ4v) is 3.98. The third-order valence-corrected chi connectivity index (χ3v) is 5.86. The molecule has 2 heterocycles. The Morgan fingerprint density at radius 1 is 0.970 bits per heavy atom. The van der Waals surface area contributed by atoms with Crippen LogP contribution in [0.1, 0.15) is 49.3 Å². The molecule has 0 spiro atoms. The van der Waals surface area contributed by atoms with E-state index >= 15 is 0 Å². The van der Waals surface area contributed by atoms with Crippen LogP contribution in [-0.2, 0) is 17.8 Å². The van der Waals surface area contributed by atoms with Gasteiger partial charge in [-0.3, -0.25) is 9.59 Å². The molecule has 0 radical (unpaired) electrons. The first-order valence-electron chi connectivity index (χ1n) is 11.3. The van der Waals surface area contributed by atoms with Crippen LogP contribution in [-0.4, -0.2) is 32.6 Å². The van der Waals surface area contributed by atoms with Gasteiger partial charge in [-0.15, -0.1) is 10.2 Å². The lowest BCUT2D eigenvalue weighted by Crippen LogP contribution is -2.47. The second kappa shape index (κ2) is 9.94. The van der Waals surface area contributed by atoms with E-state index in [1.54, 1.807) is 0 Å². The Balaban J connectivity index is 1.44. The van der Waals surface area contributed by atoms with Crippen LogP contribution < -0.4 is 10.6 Å². The van der Waals surface area contributed by atoms with E-state index in [4.69, 9.17) is 0 Å². The number of carbonyl (C=O) groups is 2. The summed E-state index contributed by atoms with van der Waals surface area (Å²) in [7, 11) is 0. The van der Waals surface area contributed by atoms with E-state index in [9.17, 15) is 14.0 Å². The summed E-state index contributed by atoms with van der Waals surface area (Å²) in [6, 6.07) is 12.0. The molecule has 1 aliphatic heterocycles. The van der Waals surface area contributed by atoms with Gasteiger partial charge >= 0.3 is 0 Å². The normalized spacial score (nSPS) is 14.3. The predicted molar refractivity (Wildman–Crippen MR) is 124 cm³/mol. The Hall–Kier alpha value is -3.55. The first kappa shape index (κ1) is 22.6. The number of fused-ring (bicyclic) bond motifs is 1. The van der Waals surface area contributed by atoms with Crippen LogP contribution in [0.3, 0.4) is 0 Å². The van der Waals surface area contributed by atoms with Crippen LogP contribution >= 0.6 is 0 Å². The fraction of sp³-hybridized carbons (Fsp3) is 0.360. The smallest absolute Gasteiger partial charge is 0.251 e. The number of benzene rings is 2. The van der Waals surface area contributed by atoms with Crippen LogP contribution in [0.25, 0.3) is 11.4 Å². The minimum absolute atomic E-state index is 0.139. The van der Waals surface area contributed by atoms with Crippen molar-refractivity contribution in [1.29, 1.82) is 0 Å². The second-order valence-electron chi connectivity index (χ2n) is 8.67. The minimum atomic E-state index is -0.741. The summed E-state index contributed by atoms with van der Waals surface area (Å²) in [6.45, 7) is 4.63. The quantitative estimate of drug-likeness (QED) is 0.590. The molecule has 1 unspecified atom stereocenters. The summed E-state index contributed by atoms with van der Waals surface area (Å²) in [4.78, 5) is 25.4. The Kier molecular flexibility index (Phi) is 6.82. The molecule has 0 bridgehead atoms. The number of aromatic nitrogens is 3. The highest BCUT2D eigenvalue weighted by Gasteiger charge is 2.25. The van der Waals surface area contributed by atoms with Crippen LogP contribution in [0.15, 0.2) is 48.5 Å². The summed E-state index contributed by atoms with van der Waals surface area (Å²) in [5, 5.41) is 14.3. The van der Waals surface area contributed by atoms with Crippen molar-refractivity contribution in [1.82, 2.24) is 20.1 Å². The van der Waals surface area contributed by atoms with Crippen molar-refractivity contribution < 1.29 is 14.0 Å². The highest BCUT2D eigenvalue weighted by Crippen LogP contribution is 2.24. The zero-order valence-electron chi connectivity index (χ0n) is 18.8. The number of aryl methyl sites for hydroxylation is 1. The van der Waals surface area contributed by atoms with Gasteiger partial charge in [-0.25, -0.2) is 4.39 Å². The molecule has 4 rings (SSSR count). The molecule has 7 nitrogen and oxygen atoms in total. The van der Waals surface area contributed by atoms with Gasteiger partial charge in [0.05, 0.1) is 0 Å². The summed E-state index contributed by atoms with van der Waals surface area (Å²) >= 11 is 0. The summed E-state index contributed by atoms with van der Waals surface area (Å²) in [5.74, 6) is 0.569. The predicted octanol–water partition coefficient (Wildman–Crippen LogP) is 4.20. The van der Waals surface area contributed by atoms with Gasteiger partial charge in [-0.05, 0) is 67.3 Å². The number of hydrogen-bond acceptors (Lipinski definition) is 4. The molecule has 0 saturated carbocycles. The zero-order valence-corrected chi connectivity index (χ0v) is 18.8. The van der Waals surface area contributed by atoms with E-state index < -0.39 is 17.8 Å². The van der Waals surface area contributed by atoms with Crippen molar-refractivity contribution in [3.8, 4) is 11.4 Å². The average molecular weight is 450 g/mol. The summed E-state index contributed by atoms with van der Waals surface area (Å²) < 4.78 is 15.3. The van der Waals surface area contributed by atoms with Crippen LogP contribution in [0.4, 0.5) is 10.1 Å². The maximum atomic E-state index is 13.1. The number of amides is 2. The molecule has 3 aromatic rings. The third kappa shape index (κ3) is 5.27.